The van der Waals surface area contributed by atoms with Gasteiger partial charge in [-0.25, -0.2) is 4.39 Å². The van der Waals surface area contributed by atoms with Crippen LogP contribution in [0.1, 0.15) is 22.3 Å². The summed E-state index contributed by atoms with van der Waals surface area (Å²) in [6, 6.07) is 21.1. The lowest BCUT2D eigenvalue weighted by Gasteiger charge is -2.12. The van der Waals surface area contributed by atoms with Crippen LogP contribution in [0, 0.1) is 24.1 Å². The summed E-state index contributed by atoms with van der Waals surface area (Å²) in [7, 11) is 0. The smallest absolute Gasteiger partial charge is 0.266 e. The van der Waals surface area contributed by atoms with Crippen LogP contribution in [0.25, 0.3) is 6.08 Å². The molecule has 0 atom stereocenters. The Morgan fingerprint density at radius 2 is 1.88 bits per heavy atom. The zero-order chi connectivity index (χ0) is 22.9. The molecule has 0 unspecified atom stereocenters. The number of aryl methyl sites for hydroxylation is 1. The van der Waals surface area contributed by atoms with E-state index in [4.69, 9.17) is 4.74 Å². The first-order valence-corrected chi connectivity index (χ1v) is 10.1. The molecule has 0 heterocycles. The van der Waals surface area contributed by atoms with Crippen LogP contribution in [0.3, 0.4) is 0 Å². The molecule has 0 aliphatic heterocycles. The first-order valence-electron chi connectivity index (χ1n) is 10.1. The Morgan fingerprint density at radius 1 is 1.12 bits per heavy atom. The predicted octanol–water partition coefficient (Wildman–Crippen LogP) is 5.99. The summed E-state index contributed by atoms with van der Waals surface area (Å²) < 4.78 is 19.7. The van der Waals surface area contributed by atoms with Gasteiger partial charge < -0.3 is 10.1 Å². The minimum atomic E-state index is -0.485. The summed E-state index contributed by atoms with van der Waals surface area (Å²) in [4.78, 5) is 12.5. The van der Waals surface area contributed by atoms with Gasteiger partial charge in [-0.15, -0.1) is 6.58 Å². The maximum Gasteiger partial charge on any atom is 0.266 e. The lowest BCUT2D eigenvalue weighted by molar-refractivity contribution is -0.112. The van der Waals surface area contributed by atoms with Gasteiger partial charge in [0.1, 0.15) is 29.8 Å². The van der Waals surface area contributed by atoms with Gasteiger partial charge in [0, 0.05) is 11.3 Å². The van der Waals surface area contributed by atoms with Crippen LogP contribution in [0.15, 0.2) is 85.0 Å². The van der Waals surface area contributed by atoms with Crippen molar-refractivity contribution in [3.63, 3.8) is 0 Å². The molecule has 0 saturated carbocycles. The number of hydrogen-bond acceptors (Lipinski definition) is 3. The number of hydrogen-bond donors (Lipinski definition) is 1. The van der Waals surface area contributed by atoms with Crippen LogP contribution < -0.4 is 10.1 Å². The molecular formula is C27H23FN2O2. The zero-order valence-corrected chi connectivity index (χ0v) is 17.8. The fraction of sp³-hybridized carbons (Fsp3) is 0.111. The molecule has 0 aromatic heterocycles. The Labute approximate surface area is 187 Å². The lowest BCUT2D eigenvalue weighted by atomic mass is 10.0. The van der Waals surface area contributed by atoms with Crippen LogP contribution in [-0.2, 0) is 17.8 Å². The first kappa shape index (κ1) is 22.5. The number of ether oxygens (including phenoxy) is 1. The third-order valence-electron chi connectivity index (χ3n) is 4.78. The highest BCUT2D eigenvalue weighted by Crippen LogP contribution is 2.24. The van der Waals surface area contributed by atoms with Gasteiger partial charge in [-0.05, 0) is 60.9 Å². The van der Waals surface area contributed by atoms with Crippen molar-refractivity contribution in [3.8, 4) is 11.8 Å². The van der Waals surface area contributed by atoms with Crippen LogP contribution in [0.5, 0.6) is 5.75 Å². The molecular weight excluding hydrogens is 403 g/mol. The van der Waals surface area contributed by atoms with Crippen molar-refractivity contribution in [3.05, 3.63) is 113 Å². The van der Waals surface area contributed by atoms with Gasteiger partial charge in [-0.2, -0.15) is 5.26 Å². The Balaban J connectivity index is 1.79. The summed E-state index contributed by atoms with van der Waals surface area (Å²) >= 11 is 0. The monoisotopic (exact) mass is 426 g/mol. The maximum atomic E-state index is 13.9. The number of nitrogens with one attached hydrogen (secondary N) is 1. The maximum absolute atomic E-state index is 13.9. The summed E-state index contributed by atoms with van der Waals surface area (Å²) in [5, 5.41) is 12.2. The van der Waals surface area contributed by atoms with E-state index in [9.17, 15) is 14.4 Å². The Kier molecular flexibility index (Phi) is 7.55. The highest BCUT2D eigenvalue weighted by Gasteiger charge is 2.11. The molecule has 3 aromatic carbocycles. The van der Waals surface area contributed by atoms with Crippen molar-refractivity contribution in [1.29, 1.82) is 5.26 Å². The second-order valence-corrected chi connectivity index (χ2v) is 7.23. The largest absolute Gasteiger partial charge is 0.489 e. The van der Waals surface area contributed by atoms with Crippen LogP contribution in [0.4, 0.5) is 10.1 Å². The number of amides is 1. The third kappa shape index (κ3) is 5.93. The van der Waals surface area contributed by atoms with Gasteiger partial charge in [0.2, 0.25) is 0 Å². The predicted molar refractivity (Wildman–Crippen MR) is 124 cm³/mol. The summed E-state index contributed by atoms with van der Waals surface area (Å²) in [6.07, 6.45) is 3.77. The van der Waals surface area contributed by atoms with E-state index >= 15 is 0 Å². The number of nitrogens with zero attached hydrogens (tertiary/aromatic N) is 1. The Bertz CT molecular complexity index is 1190. The molecule has 0 spiro atoms. The van der Waals surface area contributed by atoms with Gasteiger partial charge in [0.25, 0.3) is 5.91 Å². The molecule has 3 rings (SSSR count). The van der Waals surface area contributed by atoms with E-state index in [1.165, 1.54) is 12.1 Å². The molecule has 0 saturated heterocycles. The first-order chi connectivity index (χ1) is 15.5. The molecule has 4 nitrogen and oxygen atoms in total. The molecule has 1 amide bonds. The lowest BCUT2D eigenvalue weighted by Crippen LogP contribution is -2.13. The summed E-state index contributed by atoms with van der Waals surface area (Å²) in [5.74, 6) is -0.218. The third-order valence-corrected chi connectivity index (χ3v) is 4.78. The fourth-order valence-corrected chi connectivity index (χ4v) is 3.07. The van der Waals surface area contributed by atoms with Gasteiger partial charge in [0.15, 0.2) is 0 Å². The molecule has 0 radical (unpaired) electrons. The van der Waals surface area contributed by atoms with E-state index in [2.05, 4.69) is 11.9 Å². The molecule has 0 fully saturated rings. The topological polar surface area (TPSA) is 62.1 Å². The van der Waals surface area contributed by atoms with Crippen LogP contribution in [0.2, 0.25) is 0 Å². The SMILES string of the molecule is C=CCc1cc(/C=C(/C#N)C(=O)Nc2ccc(C)cc2)ccc1OCc1ccccc1F. The number of carbonyl (C=O) groups excluding carboxylic acids is 1. The molecule has 0 bridgehead atoms. The number of halogens is 1. The minimum Gasteiger partial charge on any atom is -0.489 e. The number of anilines is 1. The van der Waals surface area contributed by atoms with Crippen molar-refractivity contribution in [1.82, 2.24) is 0 Å². The summed E-state index contributed by atoms with van der Waals surface area (Å²) in [5.41, 5.74) is 3.63. The fourth-order valence-electron chi connectivity index (χ4n) is 3.07. The number of rotatable bonds is 8. The average molecular weight is 426 g/mol. The number of nitriles is 1. The second kappa shape index (κ2) is 10.7. The van der Waals surface area contributed by atoms with E-state index < -0.39 is 5.91 Å². The summed E-state index contributed by atoms with van der Waals surface area (Å²) in [6.45, 7) is 5.82. The standard InChI is InChI=1S/C27H23FN2O2/c1-3-6-21-15-20(11-14-26(21)32-18-22-7-4-5-8-25(22)28)16-23(17-29)27(31)30-24-12-9-19(2)10-13-24/h3-5,7-16H,1,6,18H2,2H3,(H,30,31)/b23-16-. The van der Waals surface area contributed by atoms with E-state index in [0.717, 1.165) is 11.1 Å². The Hall–Kier alpha value is -4.17. The molecule has 160 valence electrons. The van der Waals surface area contributed by atoms with Crippen LogP contribution >= 0.6 is 0 Å². The van der Waals surface area contributed by atoms with Gasteiger partial charge in [-0.1, -0.05) is 48.0 Å². The second-order valence-electron chi connectivity index (χ2n) is 7.23. The number of allylic oxidation sites excluding steroid dienone is 1. The normalized spacial score (nSPS) is 10.8. The van der Waals surface area contributed by atoms with Gasteiger partial charge in [-0.3, -0.25) is 4.79 Å². The molecule has 0 aliphatic rings. The molecule has 32 heavy (non-hydrogen) atoms. The van der Waals surface area contributed by atoms with Crippen molar-refractivity contribution < 1.29 is 13.9 Å². The average Bonchev–Trinajstić information content (AvgIpc) is 2.79. The molecule has 5 heteroatoms. The van der Waals surface area contributed by atoms with E-state index in [1.54, 1.807) is 48.5 Å². The molecule has 1 N–H and O–H groups in total. The van der Waals surface area contributed by atoms with E-state index in [1.807, 2.05) is 31.2 Å². The highest BCUT2D eigenvalue weighted by atomic mass is 19.1. The van der Waals surface area contributed by atoms with E-state index in [0.29, 0.717) is 29.0 Å². The zero-order valence-electron chi connectivity index (χ0n) is 17.8. The highest BCUT2D eigenvalue weighted by molar-refractivity contribution is 6.09. The van der Waals surface area contributed by atoms with Crippen molar-refractivity contribution in [2.24, 2.45) is 0 Å². The molecule has 0 aliphatic carbocycles. The van der Waals surface area contributed by atoms with Gasteiger partial charge >= 0.3 is 0 Å². The van der Waals surface area contributed by atoms with Crippen LogP contribution in [-0.4, -0.2) is 5.91 Å². The van der Waals surface area contributed by atoms with E-state index in [-0.39, 0.29) is 18.0 Å². The Morgan fingerprint density at radius 3 is 2.56 bits per heavy atom. The van der Waals surface area contributed by atoms with Crippen molar-refractivity contribution in [2.45, 2.75) is 20.0 Å². The minimum absolute atomic E-state index is 0.0184. The molecule has 3 aromatic rings. The van der Waals surface area contributed by atoms with Crippen molar-refractivity contribution in [2.75, 3.05) is 5.32 Å². The quantitative estimate of drug-likeness (QED) is 0.273. The number of carbonyl (C=O) groups is 1. The number of benzene rings is 3. The van der Waals surface area contributed by atoms with Crippen molar-refractivity contribution >= 4 is 17.7 Å². The van der Waals surface area contributed by atoms with Gasteiger partial charge in [0.05, 0.1) is 0 Å².